The van der Waals surface area contributed by atoms with E-state index in [9.17, 15) is 13.2 Å². The number of rotatable bonds is 6. The first-order valence-corrected chi connectivity index (χ1v) is 12.3. The van der Waals surface area contributed by atoms with Crippen molar-refractivity contribution < 1.29 is 17.9 Å². The Morgan fingerprint density at radius 2 is 1.69 bits per heavy atom. The largest absolute Gasteiger partial charge is 0.497 e. The molecule has 1 heterocycles. The zero-order chi connectivity index (χ0) is 20.9. The molecule has 0 radical (unpaired) electrons. The van der Waals surface area contributed by atoms with Crippen molar-refractivity contribution >= 4 is 33.4 Å². The van der Waals surface area contributed by atoms with Gasteiger partial charge in [-0.15, -0.1) is 11.8 Å². The van der Waals surface area contributed by atoms with Crippen LogP contribution >= 0.6 is 11.8 Å². The molecule has 156 valence electrons. The van der Waals surface area contributed by atoms with Gasteiger partial charge in [-0.1, -0.05) is 12.8 Å². The minimum atomic E-state index is -3.82. The summed E-state index contributed by atoms with van der Waals surface area (Å²) in [5.41, 5.74) is 0.872. The van der Waals surface area contributed by atoms with Gasteiger partial charge < -0.3 is 9.64 Å². The summed E-state index contributed by atoms with van der Waals surface area (Å²) in [5, 5.41) is 0. The predicted molar refractivity (Wildman–Crippen MR) is 116 cm³/mol. The predicted octanol–water partition coefficient (Wildman–Crippen LogP) is 4.23. The Labute approximate surface area is 176 Å². The van der Waals surface area contributed by atoms with Crippen molar-refractivity contribution in [2.24, 2.45) is 0 Å². The van der Waals surface area contributed by atoms with E-state index in [1.165, 1.54) is 23.9 Å². The molecule has 0 bridgehead atoms. The van der Waals surface area contributed by atoms with Crippen LogP contribution in [0.5, 0.6) is 5.75 Å². The topological polar surface area (TPSA) is 75.7 Å². The summed E-state index contributed by atoms with van der Waals surface area (Å²) in [4.78, 5) is 15.8. The first kappa shape index (κ1) is 21.5. The summed E-state index contributed by atoms with van der Waals surface area (Å²) in [6.45, 7) is 1.43. The third kappa shape index (κ3) is 5.25. The molecule has 1 saturated heterocycles. The molecule has 1 amide bonds. The van der Waals surface area contributed by atoms with E-state index >= 15 is 0 Å². The average Bonchev–Trinajstić information content (AvgIpc) is 3.02. The summed E-state index contributed by atoms with van der Waals surface area (Å²) in [6, 6.07) is 11.4. The van der Waals surface area contributed by atoms with Gasteiger partial charge in [-0.05, 0) is 61.6 Å². The number of benzene rings is 2. The molecule has 1 fully saturated rings. The number of anilines is 1. The van der Waals surface area contributed by atoms with E-state index in [4.69, 9.17) is 4.74 Å². The highest BCUT2D eigenvalue weighted by atomic mass is 32.2. The number of likely N-dealkylation sites (tertiary alicyclic amines) is 1. The van der Waals surface area contributed by atoms with Gasteiger partial charge in [0.15, 0.2) is 0 Å². The van der Waals surface area contributed by atoms with Gasteiger partial charge >= 0.3 is 0 Å². The number of ether oxygens (including phenoxy) is 1. The maximum absolute atomic E-state index is 13.1. The van der Waals surface area contributed by atoms with Crippen molar-refractivity contribution in [3.63, 3.8) is 0 Å². The minimum Gasteiger partial charge on any atom is -0.497 e. The normalized spacial score (nSPS) is 14.9. The van der Waals surface area contributed by atoms with Crippen LogP contribution in [0.25, 0.3) is 0 Å². The molecule has 0 aliphatic carbocycles. The Morgan fingerprint density at radius 1 is 1.03 bits per heavy atom. The molecule has 6 nitrogen and oxygen atoms in total. The molecule has 0 aromatic heterocycles. The lowest BCUT2D eigenvalue weighted by molar-refractivity contribution is 0.0758. The lowest BCUT2D eigenvalue weighted by atomic mass is 10.2. The average molecular weight is 435 g/mol. The fraction of sp³-hybridized carbons (Fsp3) is 0.381. The molecule has 8 heteroatoms. The van der Waals surface area contributed by atoms with E-state index in [1.807, 2.05) is 11.2 Å². The van der Waals surface area contributed by atoms with Gasteiger partial charge in [0, 0.05) is 23.7 Å². The Bertz CT molecular complexity index is 951. The van der Waals surface area contributed by atoms with Crippen LogP contribution in [0.3, 0.4) is 0 Å². The van der Waals surface area contributed by atoms with Crippen LogP contribution in [-0.4, -0.2) is 45.7 Å². The molecule has 0 unspecified atom stereocenters. The quantitative estimate of drug-likeness (QED) is 0.689. The van der Waals surface area contributed by atoms with Crippen molar-refractivity contribution in [3.8, 4) is 5.75 Å². The molecule has 3 rings (SSSR count). The highest BCUT2D eigenvalue weighted by Crippen LogP contribution is 2.27. The van der Waals surface area contributed by atoms with E-state index < -0.39 is 10.0 Å². The van der Waals surface area contributed by atoms with Gasteiger partial charge in [-0.25, -0.2) is 8.42 Å². The Hall–Kier alpha value is -2.19. The second-order valence-corrected chi connectivity index (χ2v) is 9.43. The number of nitrogens with zero attached hydrogens (tertiary/aromatic N) is 1. The first-order valence-electron chi connectivity index (χ1n) is 9.59. The van der Waals surface area contributed by atoms with E-state index in [-0.39, 0.29) is 10.8 Å². The van der Waals surface area contributed by atoms with Gasteiger partial charge in [0.1, 0.15) is 5.75 Å². The Morgan fingerprint density at radius 3 is 2.28 bits per heavy atom. The van der Waals surface area contributed by atoms with Gasteiger partial charge in [0.25, 0.3) is 15.9 Å². The first-order chi connectivity index (χ1) is 13.9. The number of nitrogens with one attached hydrogen (secondary N) is 1. The molecular formula is C21H26N2O4S2. The van der Waals surface area contributed by atoms with Crippen molar-refractivity contribution in [1.29, 1.82) is 0 Å². The fourth-order valence-electron chi connectivity index (χ4n) is 3.34. The number of carbonyl (C=O) groups is 1. The number of hydrogen-bond donors (Lipinski definition) is 1. The van der Waals surface area contributed by atoms with Crippen LogP contribution in [0, 0.1) is 0 Å². The van der Waals surface area contributed by atoms with Crippen LogP contribution < -0.4 is 9.46 Å². The van der Waals surface area contributed by atoms with E-state index in [1.54, 1.807) is 37.4 Å². The lowest BCUT2D eigenvalue weighted by Gasteiger charge is -2.22. The van der Waals surface area contributed by atoms with Gasteiger partial charge in [-0.2, -0.15) is 0 Å². The van der Waals surface area contributed by atoms with Crippen molar-refractivity contribution in [1.82, 2.24) is 4.90 Å². The fourth-order valence-corrected chi connectivity index (χ4v) is 4.99. The maximum Gasteiger partial charge on any atom is 0.261 e. The molecule has 1 aliphatic heterocycles. The van der Waals surface area contributed by atoms with Crippen molar-refractivity contribution in [2.75, 3.05) is 31.2 Å². The van der Waals surface area contributed by atoms with Crippen LogP contribution in [0.15, 0.2) is 52.3 Å². The van der Waals surface area contributed by atoms with E-state index in [2.05, 4.69) is 4.72 Å². The zero-order valence-electron chi connectivity index (χ0n) is 16.7. The second kappa shape index (κ2) is 9.54. The molecule has 1 aliphatic rings. The molecule has 2 aromatic rings. The summed E-state index contributed by atoms with van der Waals surface area (Å²) in [5.74, 6) is 0.542. The van der Waals surface area contributed by atoms with Crippen molar-refractivity contribution in [3.05, 3.63) is 48.0 Å². The summed E-state index contributed by atoms with van der Waals surface area (Å²) in [6.07, 6.45) is 6.10. The number of methoxy groups -OCH3 is 1. The number of carbonyl (C=O) groups excluding carboxylic acids is 1. The summed E-state index contributed by atoms with van der Waals surface area (Å²) in [7, 11) is -2.27. The molecular weight excluding hydrogens is 408 g/mol. The Kier molecular flexibility index (Phi) is 7.08. The monoisotopic (exact) mass is 434 g/mol. The summed E-state index contributed by atoms with van der Waals surface area (Å²) < 4.78 is 33.4. The van der Waals surface area contributed by atoms with Gasteiger partial charge in [0.2, 0.25) is 0 Å². The molecule has 0 saturated carbocycles. The van der Waals surface area contributed by atoms with Crippen LogP contribution in [-0.2, 0) is 10.0 Å². The molecule has 0 atom stereocenters. The highest BCUT2D eigenvalue weighted by Gasteiger charge is 2.23. The molecule has 1 N–H and O–H groups in total. The lowest BCUT2D eigenvalue weighted by Crippen LogP contribution is -2.32. The number of thioether (sulfide) groups is 1. The third-order valence-electron chi connectivity index (χ3n) is 4.95. The molecule has 29 heavy (non-hydrogen) atoms. The van der Waals surface area contributed by atoms with Crippen LogP contribution in [0.2, 0.25) is 0 Å². The smallest absolute Gasteiger partial charge is 0.261 e. The molecule has 0 spiro atoms. The Balaban J connectivity index is 1.88. The number of sulfonamides is 1. The number of amides is 1. The second-order valence-electron chi connectivity index (χ2n) is 6.90. The van der Waals surface area contributed by atoms with Crippen LogP contribution in [0.1, 0.15) is 36.0 Å². The maximum atomic E-state index is 13.1. The highest BCUT2D eigenvalue weighted by molar-refractivity contribution is 7.98. The zero-order valence-corrected chi connectivity index (χ0v) is 18.3. The summed E-state index contributed by atoms with van der Waals surface area (Å²) >= 11 is 1.44. The standard InChI is InChI=1S/C21H26N2O4S2/c1-27-17-9-7-16(8-10-17)22-29(25,26)18-11-12-20(28-2)19(15-18)21(24)23-13-5-3-4-6-14-23/h7-12,15,22H,3-6,13-14H2,1-2H3. The van der Waals surface area contributed by atoms with Crippen LogP contribution in [0.4, 0.5) is 5.69 Å². The third-order valence-corrected chi connectivity index (χ3v) is 7.12. The molecule has 2 aromatic carbocycles. The van der Waals surface area contributed by atoms with Crippen molar-refractivity contribution in [2.45, 2.75) is 35.5 Å². The van der Waals surface area contributed by atoms with E-state index in [0.29, 0.717) is 30.1 Å². The van der Waals surface area contributed by atoms with E-state index in [0.717, 1.165) is 30.6 Å². The van der Waals surface area contributed by atoms with Gasteiger partial charge in [-0.3, -0.25) is 9.52 Å². The number of hydrogen-bond acceptors (Lipinski definition) is 5. The SMILES string of the molecule is COc1ccc(NS(=O)(=O)c2ccc(SC)c(C(=O)N3CCCCCC3)c2)cc1. The van der Waals surface area contributed by atoms with Gasteiger partial charge in [0.05, 0.1) is 17.6 Å². The minimum absolute atomic E-state index is 0.0734.